The van der Waals surface area contributed by atoms with E-state index in [0.717, 1.165) is 44.0 Å². The number of alkyl halides is 1. The van der Waals surface area contributed by atoms with Crippen molar-refractivity contribution in [1.29, 1.82) is 0 Å². The Kier molecular flexibility index (Phi) is 4.57. The van der Waals surface area contributed by atoms with E-state index in [9.17, 15) is 0 Å². The molecule has 1 fully saturated rings. The summed E-state index contributed by atoms with van der Waals surface area (Å²) in [5.74, 6) is 1.24. The van der Waals surface area contributed by atoms with E-state index in [1.807, 2.05) is 6.92 Å². The van der Waals surface area contributed by atoms with Gasteiger partial charge in [-0.3, -0.25) is 0 Å². The summed E-state index contributed by atoms with van der Waals surface area (Å²) in [6.07, 6.45) is 6.15. The first-order valence-electron chi connectivity index (χ1n) is 6.07. The lowest BCUT2D eigenvalue weighted by Gasteiger charge is -2.32. The molecular formula is C12H18ClN3O. The molecule has 0 N–H and O–H groups in total. The molecule has 1 aliphatic rings. The van der Waals surface area contributed by atoms with Gasteiger partial charge in [-0.25, -0.2) is 9.97 Å². The first-order chi connectivity index (χ1) is 8.33. The molecule has 0 radical (unpaired) electrons. The molecule has 0 aromatic carbocycles. The number of anilines is 1. The summed E-state index contributed by atoms with van der Waals surface area (Å²) in [7, 11) is 0. The molecule has 0 bridgehead atoms. The Hall–Kier alpha value is -0.870. The van der Waals surface area contributed by atoms with Crippen LogP contribution < -0.4 is 4.90 Å². The lowest BCUT2D eigenvalue weighted by molar-refractivity contribution is 0.0523. The van der Waals surface area contributed by atoms with Crippen LogP contribution in [0.1, 0.15) is 25.3 Å². The van der Waals surface area contributed by atoms with Crippen LogP contribution in [-0.4, -0.2) is 35.8 Å². The number of nitrogens with zero attached hydrogens (tertiary/aromatic N) is 3. The molecule has 1 unspecified atom stereocenters. The maximum atomic E-state index is 5.72. The van der Waals surface area contributed by atoms with Crippen LogP contribution in [0.2, 0.25) is 0 Å². The monoisotopic (exact) mass is 255 g/mol. The van der Waals surface area contributed by atoms with Gasteiger partial charge in [0.1, 0.15) is 0 Å². The van der Waals surface area contributed by atoms with Crippen LogP contribution in [0.25, 0.3) is 0 Å². The van der Waals surface area contributed by atoms with Crippen LogP contribution in [0, 0.1) is 0 Å². The van der Waals surface area contributed by atoms with Gasteiger partial charge in [0.2, 0.25) is 5.95 Å². The van der Waals surface area contributed by atoms with Crippen molar-refractivity contribution in [2.75, 3.05) is 24.6 Å². The Balaban J connectivity index is 2.00. The van der Waals surface area contributed by atoms with Gasteiger partial charge in [0.25, 0.3) is 0 Å². The minimum absolute atomic E-state index is 0.310. The van der Waals surface area contributed by atoms with E-state index in [0.29, 0.717) is 12.0 Å². The van der Waals surface area contributed by atoms with Crippen LogP contribution in [0.5, 0.6) is 0 Å². The van der Waals surface area contributed by atoms with Crippen LogP contribution in [-0.2, 0) is 10.6 Å². The number of hydrogen-bond donors (Lipinski definition) is 0. The molecule has 0 aliphatic carbocycles. The summed E-state index contributed by atoms with van der Waals surface area (Å²) in [5.41, 5.74) is 0.953. The second kappa shape index (κ2) is 6.17. The summed E-state index contributed by atoms with van der Waals surface area (Å²) in [4.78, 5) is 10.9. The molecule has 1 aromatic rings. The third-order valence-corrected chi connectivity index (χ3v) is 3.22. The topological polar surface area (TPSA) is 38.2 Å². The molecule has 2 heterocycles. The minimum Gasteiger partial charge on any atom is -0.377 e. The lowest BCUT2D eigenvalue weighted by Crippen LogP contribution is -2.40. The number of halogens is 1. The molecule has 94 valence electrons. The van der Waals surface area contributed by atoms with E-state index in [1.165, 1.54) is 0 Å². The summed E-state index contributed by atoms with van der Waals surface area (Å²) in [6.45, 7) is 4.69. The minimum atomic E-state index is 0.310. The third-order valence-electron chi connectivity index (χ3n) is 2.91. The smallest absolute Gasteiger partial charge is 0.225 e. The van der Waals surface area contributed by atoms with Crippen molar-refractivity contribution in [2.45, 2.75) is 31.7 Å². The van der Waals surface area contributed by atoms with E-state index >= 15 is 0 Å². The average molecular weight is 256 g/mol. The zero-order chi connectivity index (χ0) is 12.1. The van der Waals surface area contributed by atoms with Crippen LogP contribution >= 0.6 is 11.6 Å². The maximum absolute atomic E-state index is 5.72. The van der Waals surface area contributed by atoms with E-state index < -0.39 is 0 Å². The Morgan fingerprint density at radius 1 is 1.47 bits per heavy atom. The van der Waals surface area contributed by atoms with Gasteiger partial charge < -0.3 is 9.64 Å². The van der Waals surface area contributed by atoms with Gasteiger partial charge in [0.05, 0.1) is 12.0 Å². The summed E-state index contributed by atoms with van der Waals surface area (Å²) >= 11 is 5.72. The van der Waals surface area contributed by atoms with Crippen molar-refractivity contribution < 1.29 is 4.74 Å². The van der Waals surface area contributed by atoms with Crippen molar-refractivity contribution in [2.24, 2.45) is 0 Å². The quantitative estimate of drug-likeness (QED) is 0.774. The molecule has 2 rings (SSSR count). The molecule has 4 nitrogen and oxygen atoms in total. The standard InChI is InChI=1S/C12H18ClN3O/c1-2-17-11-4-3-5-16(9-11)12-14-7-10(6-13)8-15-12/h7-8,11H,2-6,9H2,1H3. The molecule has 0 saturated carbocycles. The second-order valence-corrected chi connectivity index (χ2v) is 4.46. The lowest BCUT2D eigenvalue weighted by atomic mass is 10.1. The molecular weight excluding hydrogens is 238 g/mol. The van der Waals surface area contributed by atoms with Crippen LogP contribution in [0.3, 0.4) is 0 Å². The number of piperidine rings is 1. The fraction of sp³-hybridized carbons (Fsp3) is 0.667. The van der Waals surface area contributed by atoms with E-state index in [2.05, 4.69) is 14.9 Å². The zero-order valence-corrected chi connectivity index (χ0v) is 10.9. The number of rotatable bonds is 4. The SMILES string of the molecule is CCOC1CCCN(c2ncc(CCl)cn2)C1. The van der Waals surface area contributed by atoms with Crippen molar-refractivity contribution in [1.82, 2.24) is 9.97 Å². The molecule has 1 aliphatic heterocycles. The molecule has 17 heavy (non-hydrogen) atoms. The molecule has 1 aromatic heterocycles. The Bertz CT molecular complexity index is 342. The highest BCUT2D eigenvalue weighted by Gasteiger charge is 2.21. The Morgan fingerprint density at radius 2 is 2.24 bits per heavy atom. The Morgan fingerprint density at radius 3 is 2.88 bits per heavy atom. The van der Waals surface area contributed by atoms with Gasteiger partial charge in [-0.2, -0.15) is 0 Å². The first-order valence-corrected chi connectivity index (χ1v) is 6.60. The van der Waals surface area contributed by atoms with Crippen molar-refractivity contribution in [3.63, 3.8) is 0 Å². The fourth-order valence-electron chi connectivity index (χ4n) is 2.07. The van der Waals surface area contributed by atoms with Gasteiger partial charge in [-0.15, -0.1) is 11.6 Å². The zero-order valence-electron chi connectivity index (χ0n) is 10.1. The highest BCUT2D eigenvalue weighted by atomic mass is 35.5. The average Bonchev–Trinajstić information content (AvgIpc) is 2.40. The van der Waals surface area contributed by atoms with E-state index in [1.54, 1.807) is 12.4 Å². The van der Waals surface area contributed by atoms with Crippen molar-refractivity contribution in [3.05, 3.63) is 18.0 Å². The van der Waals surface area contributed by atoms with Gasteiger partial charge in [0, 0.05) is 37.7 Å². The molecule has 0 spiro atoms. The van der Waals surface area contributed by atoms with E-state index in [4.69, 9.17) is 16.3 Å². The maximum Gasteiger partial charge on any atom is 0.225 e. The van der Waals surface area contributed by atoms with Gasteiger partial charge >= 0.3 is 0 Å². The first kappa shape index (κ1) is 12.6. The van der Waals surface area contributed by atoms with Crippen LogP contribution in [0.4, 0.5) is 5.95 Å². The normalized spacial score (nSPS) is 20.6. The summed E-state index contributed by atoms with van der Waals surface area (Å²) in [6, 6.07) is 0. The molecule has 1 atom stereocenters. The van der Waals surface area contributed by atoms with Crippen molar-refractivity contribution in [3.8, 4) is 0 Å². The highest BCUT2D eigenvalue weighted by molar-refractivity contribution is 6.17. The summed E-state index contributed by atoms with van der Waals surface area (Å²) in [5, 5.41) is 0. The largest absolute Gasteiger partial charge is 0.377 e. The van der Waals surface area contributed by atoms with Gasteiger partial charge in [-0.1, -0.05) is 0 Å². The molecule has 5 heteroatoms. The molecule has 0 amide bonds. The second-order valence-electron chi connectivity index (χ2n) is 4.19. The van der Waals surface area contributed by atoms with Gasteiger partial charge in [0.15, 0.2) is 0 Å². The molecule has 1 saturated heterocycles. The predicted molar refractivity (Wildman–Crippen MR) is 68.5 cm³/mol. The number of aromatic nitrogens is 2. The Labute approximate surface area is 107 Å². The predicted octanol–water partition coefficient (Wildman–Crippen LogP) is 2.22. The van der Waals surface area contributed by atoms with Gasteiger partial charge in [-0.05, 0) is 19.8 Å². The number of hydrogen-bond acceptors (Lipinski definition) is 4. The fourth-order valence-corrected chi connectivity index (χ4v) is 2.21. The third kappa shape index (κ3) is 3.30. The van der Waals surface area contributed by atoms with Crippen LogP contribution in [0.15, 0.2) is 12.4 Å². The number of ether oxygens (including phenoxy) is 1. The van der Waals surface area contributed by atoms with E-state index in [-0.39, 0.29) is 0 Å². The summed E-state index contributed by atoms with van der Waals surface area (Å²) < 4.78 is 5.66. The van der Waals surface area contributed by atoms with Crippen molar-refractivity contribution >= 4 is 17.5 Å². The highest BCUT2D eigenvalue weighted by Crippen LogP contribution is 2.17.